The maximum absolute atomic E-state index is 13.5. The number of phenolic OH excluding ortho intramolecular Hbond substituents is 2. The van der Waals surface area contributed by atoms with Gasteiger partial charge in [-0.3, -0.25) is 4.79 Å². The summed E-state index contributed by atoms with van der Waals surface area (Å²) < 4.78 is 0. The molecule has 6 heteroatoms. The fourth-order valence-corrected chi connectivity index (χ4v) is 4.54. The van der Waals surface area contributed by atoms with E-state index in [2.05, 4.69) is 10.3 Å². The highest BCUT2D eigenvalue weighted by Gasteiger charge is 2.39. The van der Waals surface area contributed by atoms with Crippen molar-refractivity contribution in [1.29, 1.82) is 0 Å². The summed E-state index contributed by atoms with van der Waals surface area (Å²) in [6, 6.07) is 23.6. The van der Waals surface area contributed by atoms with E-state index in [0.717, 1.165) is 22.4 Å². The fraction of sp³-hybridized carbons (Fsp3) is 0.154. The predicted molar refractivity (Wildman–Crippen MR) is 128 cm³/mol. The normalized spacial score (nSPS) is 11.5. The summed E-state index contributed by atoms with van der Waals surface area (Å²) in [6.07, 6.45) is 0. The summed E-state index contributed by atoms with van der Waals surface area (Å²) in [7, 11) is 0. The lowest BCUT2D eigenvalue weighted by molar-refractivity contribution is -0.124. The van der Waals surface area contributed by atoms with Crippen molar-refractivity contribution in [3.63, 3.8) is 0 Å². The minimum atomic E-state index is -0.855. The number of phenols is 2. The topological polar surface area (TPSA) is 82.5 Å². The van der Waals surface area contributed by atoms with Crippen LogP contribution in [0, 0.1) is 5.41 Å². The number of hydrogen-bond acceptors (Lipinski definition) is 5. The molecule has 3 N–H and O–H groups in total. The van der Waals surface area contributed by atoms with Crippen LogP contribution in [-0.2, 0) is 4.79 Å². The summed E-state index contributed by atoms with van der Waals surface area (Å²) >= 11 is 1.39. The molecular weight excluding hydrogens is 420 g/mol. The van der Waals surface area contributed by atoms with E-state index in [9.17, 15) is 15.0 Å². The first-order chi connectivity index (χ1) is 15.3. The van der Waals surface area contributed by atoms with E-state index in [4.69, 9.17) is 0 Å². The molecule has 3 aromatic carbocycles. The molecule has 0 aliphatic heterocycles. The molecule has 0 aliphatic carbocycles. The Morgan fingerprint density at radius 1 is 0.875 bits per heavy atom. The molecule has 32 heavy (non-hydrogen) atoms. The Balaban J connectivity index is 1.64. The summed E-state index contributed by atoms with van der Waals surface area (Å²) in [5.41, 5.74) is 2.73. The van der Waals surface area contributed by atoms with E-state index < -0.39 is 5.41 Å². The zero-order chi connectivity index (χ0) is 22.7. The Hall–Kier alpha value is -3.64. The first-order valence-electron chi connectivity index (χ1n) is 10.2. The van der Waals surface area contributed by atoms with E-state index in [1.54, 1.807) is 24.3 Å². The lowest BCUT2D eigenvalue weighted by Crippen LogP contribution is -2.37. The second-order valence-electron chi connectivity index (χ2n) is 8.20. The van der Waals surface area contributed by atoms with Crippen LogP contribution in [0.4, 0.5) is 5.13 Å². The number of nitrogens with one attached hydrogen (secondary N) is 1. The van der Waals surface area contributed by atoms with Gasteiger partial charge in [0.25, 0.3) is 0 Å². The zero-order valence-electron chi connectivity index (χ0n) is 17.8. The first kappa shape index (κ1) is 21.6. The predicted octanol–water partition coefficient (Wildman–Crippen LogP) is 6.02. The molecule has 1 amide bonds. The number of nitrogens with zero attached hydrogens (tertiary/aromatic N) is 1. The molecule has 4 rings (SSSR count). The van der Waals surface area contributed by atoms with Crippen LogP contribution in [0.5, 0.6) is 11.5 Å². The van der Waals surface area contributed by atoms with Gasteiger partial charge in [0.1, 0.15) is 11.5 Å². The van der Waals surface area contributed by atoms with Crippen molar-refractivity contribution in [1.82, 2.24) is 4.98 Å². The number of aromatic hydroxyl groups is 2. The summed E-state index contributed by atoms with van der Waals surface area (Å²) in [5.74, 6) is -0.150. The average molecular weight is 445 g/mol. The Morgan fingerprint density at radius 3 is 1.94 bits per heavy atom. The van der Waals surface area contributed by atoms with Gasteiger partial charge in [0, 0.05) is 16.9 Å². The second kappa shape index (κ2) is 8.85. The number of rotatable bonds is 6. The van der Waals surface area contributed by atoms with Crippen LogP contribution in [-0.4, -0.2) is 21.1 Å². The fourth-order valence-electron chi connectivity index (χ4n) is 3.82. The molecule has 5 nitrogen and oxygen atoms in total. The van der Waals surface area contributed by atoms with E-state index >= 15 is 0 Å². The van der Waals surface area contributed by atoms with Gasteiger partial charge < -0.3 is 15.5 Å². The monoisotopic (exact) mass is 444 g/mol. The van der Waals surface area contributed by atoms with Crippen LogP contribution in [0.1, 0.15) is 30.9 Å². The maximum Gasteiger partial charge on any atom is 0.232 e. The van der Waals surface area contributed by atoms with Crippen LogP contribution in [0.25, 0.3) is 11.3 Å². The molecular formula is C26H24N2O3S. The molecule has 0 bridgehead atoms. The van der Waals surface area contributed by atoms with Crippen molar-refractivity contribution in [2.75, 3.05) is 5.32 Å². The van der Waals surface area contributed by atoms with Crippen molar-refractivity contribution in [2.24, 2.45) is 5.41 Å². The molecule has 1 heterocycles. The van der Waals surface area contributed by atoms with Crippen molar-refractivity contribution < 1.29 is 15.0 Å². The van der Waals surface area contributed by atoms with Gasteiger partial charge in [-0.15, -0.1) is 11.3 Å². The number of amides is 1. The van der Waals surface area contributed by atoms with Gasteiger partial charge in [-0.25, -0.2) is 4.98 Å². The molecule has 0 radical (unpaired) electrons. The van der Waals surface area contributed by atoms with Crippen molar-refractivity contribution in [3.8, 4) is 22.8 Å². The van der Waals surface area contributed by atoms with Crippen molar-refractivity contribution in [3.05, 3.63) is 95.4 Å². The summed E-state index contributed by atoms with van der Waals surface area (Å²) in [5, 5.41) is 24.9. The molecule has 0 saturated carbocycles. The first-order valence-corrected chi connectivity index (χ1v) is 11.1. The third-order valence-corrected chi connectivity index (χ3v) is 6.31. The van der Waals surface area contributed by atoms with Gasteiger partial charge in [0.2, 0.25) is 5.91 Å². The van der Waals surface area contributed by atoms with Gasteiger partial charge in [-0.1, -0.05) is 68.4 Å². The molecule has 0 saturated heterocycles. The Labute approximate surface area is 191 Å². The van der Waals surface area contributed by atoms with Crippen LogP contribution in [0.3, 0.4) is 0 Å². The molecule has 0 fully saturated rings. The smallest absolute Gasteiger partial charge is 0.232 e. The molecule has 0 spiro atoms. The average Bonchev–Trinajstić information content (AvgIpc) is 3.25. The maximum atomic E-state index is 13.5. The SMILES string of the molecule is CC(C)(C(=O)Nc1nc(-c2ccccc2)cs1)C(c1ccc(O)cc1)c1ccc(O)cc1. The third kappa shape index (κ3) is 4.50. The number of anilines is 1. The summed E-state index contributed by atoms with van der Waals surface area (Å²) in [4.78, 5) is 18.0. The Kier molecular flexibility index (Phi) is 5.97. The van der Waals surface area contributed by atoms with Gasteiger partial charge in [-0.05, 0) is 35.4 Å². The largest absolute Gasteiger partial charge is 0.508 e. The van der Waals surface area contributed by atoms with Crippen LogP contribution < -0.4 is 5.32 Å². The number of carbonyl (C=O) groups is 1. The number of thiazole rings is 1. The second-order valence-corrected chi connectivity index (χ2v) is 9.05. The molecule has 4 aromatic rings. The van der Waals surface area contributed by atoms with Gasteiger partial charge >= 0.3 is 0 Å². The highest BCUT2D eigenvalue weighted by atomic mass is 32.1. The standard InChI is InChI=1S/C26H24N2O3S/c1-26(2,24(31)28-25-27-22(16-32-25)17-6-4-3-5-7-17)23(18-8-12-20(29)13-9-18)19-10-14-21(30)15-11-19/h3-16,23,29-30H,1-2H3,(H,27,28,31). The van der Waals surface area contributed by atoms with E-state index in [-0.39, 0.29) is 23.3 Å². The van der Waals surface area contributed by atoms with E-state index in [1.807, 2.05) is 73.8 Å². The molecule has 0 aliphatic rings. The Morgan fingerprint density at radius 2 is 1.41 bits per heavy atom. The van der Waals surface area contributed by atoms with Crippen molar-refractivity contribution in [2.45, 2.75) is 19.8 Å². The quantitative estimate of drug-likeness (QED) is 0.340. The number of benzene rings is 3. The minimum absolute atomic E-state index is 0.164. The number of aromatic nitrogens is 1. The van der Waals surface area contributed by atoms with Crippen LogP contribution in [0.2, 0.25) is 0 Å². The molecule has 0 atom stereocenters. The highest BCUT2D eigenvalue weighted by molar-refractivity contribution is 7.14. The molecule has 1 aromatic heterocycles. The van der Waals surface area contributed by atoms with Gasteiger partial charge in [0.15, 0.2) is 5.13 Å². The zero-order valence-corrected chi connectivity index (χ0v) is 18.6. The highest BCUT2D eigenvalue weighted by Crippen LogP contribution is 2.42. The van der Waals surface area contributed by atoms with Gasteiger partial charge in [-0.2, -0.15) is 0 Å². The third-order valence-electron chi connectivity index (χ3n) is 5.55. The van der Waals surface area contributed by atoms with Gasteiger partial charge in [0.05, 0.1) is 11.1 Å². The van der Waals surface area contributed by atoms with Crippen LogP contribution >= 0.6 is 11.3 Å². The summed E-state index contributed by atoms with van der Waals surface area (Å²) in [6.45, 7) is 3.77. The molecule has 0 unspecified atom stereocenters. The lowest BCUT2D eigenvalue weighted by atomic mass is 9.70. The van der Waals surface area contributed by atoms with E-state index in [0.29, 0.717) is 5.13 Å². The lowest BCUT2D eigenvalue weighted by Gasteiger charge is -2.33. The number of carbonyl (C=O) groups excluding carboxylic acids is 1. The van der Waals surface area contributed by atoms with Crippen LogP contribution in [0.15, 0.2) is 84.2 Å². The van der Waals surface area contributed by atoms with E-state index in [1.165, 1.54) is 11.3 Å². The Bertz CT molecular complexity index is 1150. The minimum Gasteiger partial charge on any atom is -0.508 e. The number of hydrogen-bond donors (Lipinski definition) is 3. The van der Waals surface area contributed by atoms with Crippen molar-refractivity contribution >= 4 is 22.4 Å². The molecule has 162 valence electrons.